The summed E-state index contributed by atoms with van der Waals surface area (Å²) in [5, 5.41) is 4.47. The van der Waals surface area contributed by atoms with Crippen molar-refractivity contribution in [2.75, 3.05) is 0 Å². The lowest BCUT2D eigenvalue weighted by Crippen LogP contribution is -2.04. The Hall–Kier alpha value is -6.19. The molecule has 47 heavy (non-hydrogen) atoms. The molecule has 0 spiro atoms. The summed E-state index contributed by atoms with van der Waals surface area (Å²) in [5.41, 5.74) is 17.9. The number of fused-ring (bicyclic) bond motifs is 4. The van der Waals surface area contributed by atoms with Crippen LogP contribution in [0.3, 0.4) is 0 Å². The van der Waals surface area contributed by atoms with Gasteiger partial charge in [-0.1, -0.05) is 146 Å². The van der Waals surface area contributed by atoms with Gasteiger partial charge in [0.15, 0.2) is 0 Å². The molecule has 0 saturated heterocycles. The van der Waals surface area contributed by atoms with E-state index >= 15 is 0 Å². The van der Waals surface area contributed by atoms with E-state index in [0.717, 1.165) is 49.9 Å². The smallest absolute Gasteiger partial charge is 0.136 e. The highest BCUT2D eigenvalue weighted by atomic mass is 16.3. The Balaban J connectivity index is 1.25. The molecule has 1 aromatic heterocycles. The molecule has 0 aliphatic carbocycles. The van der Waals surface area contributed by atoms with Crippen LogP contribution in [-0.4, -0.2) is 5.71 Å². The molecule has 0 saturated carbocycles. The molecule has 8 aromatic rings. The highest BCUT2D eigenvalue weighted by Crippen LogP contribution is 2.39. The Bertz CT molecular complexity index is 2420. The van der Waals surface area contributed by atoms with Crippen molar-refractivity contribution in [1.82, 2.24) is 0 Å². The molecule has 0 aliphatic rings. The van der Waals surface area contributed by atoms with Crippen molar-refractivity contribution in [2.45, 2.75) is 6.54 Å². The van der Waals surface area contributed by atoms with Gasteiger partial charge in [0.1, 0.15) is 11.2 Å². The van der Waals surface area contributed by atoms with Crippen LogP contribution in [0.1, 0.15) is 16.7 Å². The summed E-state index contributed by atoms with van der Waals surface area (Å²) in [6.45, 7) is 0.564. The van der Waals surface area contributed by atoms with Crippen molar-refractivity contribution in [3.63, 3.8) is 0 Å². The zero-order chi connectivity index (χ0) is 31.6. The minimum atomic E-state index is 0.564. The van der Waals surface area contributed by atoms with E-state index in [9.17, 15) is 0 Å². The number of hydrogen-bond acceptors (Lipinski definition) is 3. The largest absolute Gasteiger partial charge is 0.456 e. The third kappa shape index (κ3) is 5.49. The Labute approximate surface area is 274 Å². The number of allylic oxidation sites excluding steroid dienone is 1. The molecular weight excluding hydrogens is 572 g/mol. The van der Waals surface area contributed by atoms with E-state index in [1.807, 2.05) is 54.6 Å². The van der Waals surface area contributed by atoms with Crippen LogP contribution >= 0.6 is 0 Å². The average Bonchev–Trinajstić information content (AvgIpc) is 3.52. The monoisotopic (exact) mass is 604 g/mol. The van der Waals surface area contributed by atoms with Gasteiger partial charge in [-0.2, -0.15) is 0 Å². The second kappa shape index (κ2) is 12.3. The maximum absolute atomic E-state index is 6.95. The minimum absolute atomic E-state index is 0.564. The van der Waals surface area contributed by atoms with Crippen LogP contribution in [0, 0.1) is 0 Å². The molecule has 3 nitrogen and oxygen atoms in total. The topological polar surface area (TPSA) is 51.5 Å². The number of nitrogens with two attached hydrogens (primary N) is 1. The van der Waals surface area contributed by atoms with Gasteiger partial charge in [-0.15, -0.1) is 0 Å². The normalized spacial score (nSPS) is 12.3. The lowest BCUT2D eigenvalue weighted by atomic mass is 9.91. The lowest BCUT2D eigenvalue weighted by Gasteiger charge is -2.12. The van der Waals surface area contributed by atoms with E-state index in [-0.39, 0.29) is 0 Å². The average molecular weight is 605 g/mol. The molecule has 0 bridgehead atoms. The van der Waals surface area contributed by atoms with Gasteiger partial charge in [0.25, 0.3) is 0 Å². The fraction of sp³-hybridized carbons (Fsp3) is 0.0227. The lowest BCUT2D eigenvalue weighted by molar-refractivity contribution is 0.669. The van der Waals surface area contributed by atoms with Crippen molar-refractivity contribution in [3.8, 4) is 22.3 Å². The molecule has 0 atom stereocenters. The SMILES string of the molecule is N/C(=C\C(=NCc1ccccc1)c1ccccc1)c1cccc2oc3ccc(-c4ccc(-c5ccccc5)c5ccccc45)cc3c12. The van der Waals surface area contributed by atoms with E-state index in [1.165, 1.54) is 27.5 Å². The molecule has 7 aromatic carbocycles. The van der Waals surface area contributed by atoms with Crippen molar-refractivity contribution in [1.29, 1.82) is 0 Å². The fourth-order valence-electron chi connectivity index (χ4n) is 6.47. The Kier molecular flexibility index (Phi) is 7.41. The molecule has 8 rings (SSSR count). The molecule has 224 valence electrons. The molecule has 1 heterocycles. The first-order valence-electron chi connectivity index (χ1n) is 15.9. The molecule has 0 amide bonds. The first-order valence-corrected chi connectivity index (χ1v) is 15.9. The number of nitrogens with zero attached hydrogens (tertiary/aromatic N) is 1. The van der Waals surface area contributed by atoms with Gasteiger partial charge in [-0.25, -0.2) is 0 Å². The molecular formula is C44H32N2O. The second-order valence-electron chi connectivity index (χ2n) is 11.7. The minimum Gasteiger partial charge on any atom is -0.456 e. The van der Waals surface area contributed by atoms with Crippen LogP contribution in [0.4, 0.5) is 0 Å². The van der Waals surface area contributed by atoms with E-state index in [0.29, 0.717) is 12.2 Å². The summed E-state index contributed by atoms with van der Waals surface area (Å²) in [5.74, 6) is 0. The summed E-state index contributed by atoms with van der Waals surface area (Å²) in [6, 6.07) is 56.7. The maximum Gasteiger partial charge on any atom is 0.136 e. The quantitative estimate of drug-likeness (QED) is 0.184. The standard InChI is InChI=1S/C44H32N2O/c45-40(28-41(32-17-8-3-9-18-32)46-29-30-13-4-1-5-14-30)38-21-12-22-43-44(38)39-27-33(23-26-42(39)47-43)35-25-24-34(31-15-6-2-7-16-31)36-19-10-11-20-37(35)36/h1-28H,29,45H2/b40-28-,46-41?. The van der Waals surface area contributed by atoms with Gasteiger partial charge in [0.2, 0.25) is 0 Å². The van der Waals surface area contributed by atoms with Crippen LogP contribution in [0.2, 0.25) is 0 Å². The molecule has 0 radical (unpaired) electrons. The molecule has 0 unspecified atom stereocenters. The number of furan rings is 1. The second-order valence-corrected chi connectivity index (χ2v) is 11.7. The number of aliphatic imine (C=N–C) groups is 1. The summed E-state index contributed by atoms with van der Waals surface area (Å²) in [7, 11) is 0. The van der Waals surface area contributed by atoms with E-state index in [2.05, 4.69) is 115 Å². The first-order chi connectivity index (χ1) is 23.2. The van der Waals surface area contributed by atoms with Gasteiger partial charge >= 0.3 is 0 Å². The maximum atomic E-state index is 6.95. The van der Waals surface area contributed by atoms with Crippen LogP contribution in [0.5, 0.6) is 0 Å². The van der Waals surface area contributed by atoms with Crippen molar-refractivity contribution in [3.05, 3.63) is 187 Å². The van der Waals surface area contributed by atoms with Gasteiger partial charge < -0.3 is 10.2 Å². The van der Waals surface area contributed by atoms with Crippen molar-refractivity contribution < 1.29 is 4.42 Å². The Morgan fingerprint density at radius 1 is 0.553 bits per heavy atom. The van der Waals surface area contributed by atoms with Crippen LogP contribution in [-0.2, 0) is 6.54 Å². The van der Waals surface area contributed by atoms with Crippen LogP contribution in [0.15, 0.2) is 179 Å². The first kappa shape index (κ1) is 28.3. The van der Waals surface area contributed by atoms with Gasteiger partial charge in [0.05, 0.1) is 12.3 Å². The number of hydrogen-bond donors (Lipinski definition) is 1. The van der Waals surface area contributed by atoms with E-state index in [1.54, 1.807) is 0 Å². The highest BCUT2D eigenvalue weighted by molar-refractivity contribution is 6.16. The molecule has 3 heteroatoms. The zero-order valence-corrected chi connectivity index (χ0v) is 25.8. The molecule has 2 N–H and O–H groups in total. The number of rotatable bonds is 7. The van der Waals surface area contributed by atoms with Gasteiger partial charge in [-0.05, 0) is 68.4 Å². The van der Waals surface area contributed by atoms with Crippen LogP contribution < -0.4 is 5.73 Å². The van der Waals surface area contributed by atoms with Crippen molar-refractivity contribution >= 4 is 44.1 Å². The fourth-order valence-corrected chi connectivity index (χ4v) is 6.47. The zero-order valence-electron chi connectivity index (χ0n) is 25.8. The van der Waals surface area contributed by atoms with Gasteiger partial charge in [0, 0.05) is 22.0 Å². The summed E-state index contributed by atoms with van der Waals surface area (Å²) in [4.78, 5) is 5.01. The molecule has 0 aliphatic heterocycles. The Morgan fingerprint density at radius 3 is 1.91 bits per heavy atom. The van der Waals surface area contributed by atoms with Crippen molar-refractivity contribution in [2.24, 2.45) is 10.7 Å². The third-order valence-corrected chi connectivity index (χ3v) is 8.76. The third-order valence-electron chi connectivity index (χ3n) is 8.76. The number of benzene rings is 7. The summed E-state index contributed by atoms with van der Waals surface area (Å²) < 4.78 is 6.38. The molecule has 0 fully saturated rings. The van der Waals surface area contributed by atoms with E-state index in [4.69, 9.17) is 15.1 Å². The highest BCUT2D eigenvalue weighted by Gasteiger charge is 2.16. The summed E-state index contributed by atoms with van der Waals surface area (Å²) in [6.07, 6.45) is 1.99. The Morgan fingerprint density at radius 2 is 1.19 bits per heavy atom. The predicted octanol–water partition coefficient (Wildman–Crippen LogP) is 11.1. The van der Waals surface area contributed by atoms with E-state index < -0.39 is 0 Å². The van der Waals surface area contributed by atoms with Crippen LogP contribution in [0.25, 0.3) is 60.7 Å². The predicted molar refractivity (Wildman–Crippen MR) is 197 cm³/mol. The van der Waals surface area contributed by atoms with Gasteiger partial charge in [-0.3, -0.25) is 4.99 Å². The summed E-state index contributed by atoms with van der Waals surface area (Å²) >= 11 is 0.